The lowest BCUT2D eigenvalue weighted by Crippen LogP contribution is -2.42. The quantitative estimate of drug-likeness (QED) is 0.899. The molecule has 2 heterocycles. The SMILES string of the molecule is COc1ccc2c(c1)Nc1ccc(CN3CCNCC3)cc1C2(C)C. The van der Waals surface area contributed by atoms with E-state index in [0.717, 1.165) is 44.2 Å². The molecule has 4 heteroatoms. The fourth-order valence-corrected chi connectivity index (χ4v) is 4.03. The van der Waals surface area contributed by atoms with E-state index in [9.17, 15) is 0 Å². The molecule has 4 nitrogen and oxygen atoms in total. The van der Waals surface area contributed by atoms with Crippen LogP contribution in [0.1, 0.15) is 30.5 Å². The van der Waals surface area contributed by atoms with E-state index in [-0.39, 0.29) is 5.41 Å². The van der Waals surface area contributed by atoms with Crippen molar-refractivity contribution < 1.29 is 4.74 Å². The summed E-state index contributed by atoms with van der Waals surface area (Å²) in [6, 6.07) is 13.2. The van der Waals surface area contributed by atoms with Gasteiger partial charge < -0.3 is 15.4 Å². The minimum Gasteiger partial charge on any atom is -0.497 e. The second-order valence-corrected chi connectivity index (χ2v) is 7.57. The molecule has 0 spiro atoms. The molecule has 0 aromatic heterocycles. The lowest BCUT2D eigenvalue weighted by atomic mass is 9.74. The normalized spacial score (nSPS) is 18.8. The largest absolute Gasteiger partial charge is 0.497 e. The summed E-state index contributed by atoms with van der Waals surface area (Å²) >= 11 is 0. The van der Waals surface area contributed by atoms with Gasteiger partial charge in [0.15, 0.2) is 0 Å². The molecule has 1 fully saturated rings. The third-order valence-corrected chi connectivity index (χ3v) is 5.54. The summed E-state index contributed by atoms with van der Waals surface area (Å²) in [4.78, 5) is 2.53. The number of hydrogen-bond donors (Lipinski definition) is 2. The molecule has 2 aromatic rings. The molecule has 0 atom stereocenters. The van der Waals surface area contributed by atoms with Gasteiger partial charge in [-0.3, -0.25) is 4.90 Å². The van der Waals surface area contributed by atoms with Crippen LogP contribution < -0.4 is 15.4 Å². The number of piperazine rings is 1. The van der Waals surface area contributed by atoms with Gasteiger partial charge >= 0.3 is 0 Å². The molecule has 0 radical (unpaired) electrons. The maximum atomic E-state index is 5.39. The van der Waals surface area contributed by atoms with Crippen molar-refractivity contribution in [3.63, 3.8) is 0 Å². The van der Waals surface area contributed by atoms with Gasteiger partial charge in [0.25, 0.3) is 0 Å². The van der Waals surface area contributed by atoms with Crippen molar-refractivity contribution in [2.24, 2.45) is 0 Å². The van der Waals surface area contributed by atoms with Crippen molar-refractivity contribution in [3.8, 4) is 5.75 Å². The maximum absolute atomic E-state index is 5.39. The zero-order valence-corrected chi connectivity index (χ0v) is 15.4. The van der Waals surface area contributed by atoms with E-state index in [1.165, 1.54) is 22.4 Å². The number of nitrogens with one attached hydrogen (secondary N) is 2. The number of methoxy groups -OCH3 is 1. The first kappa shape index (κ1) is 16.4. The first-order valence-corrected chi connectivity index (χ1v) is 9.10. The Morgan fingerprint density at radius 3 is 2.56 bits per heavy atom. The molecule has 1 saturated heterocycles. The minimum atomic E-state index is -0.0261. The van der Waals surface area contributed by atoms with E-state index in [1.54, 1.807) is 7.11 Å². The Morgan fingerprint density at radius 2 is 1.80 bits per heavy atom. The maximum Gasteiger partial charge on any atom is 0.120 e. The topological polar surface area (TPSA) is 36.5 Å². The number of rotatable bonds is 3. The molecule has 132 valence electrons. The summed E-state index contributed by atoms with van der Waals surface area (Å²) in [7, 11) is 1.71. The van der Waals surface area contributed by atoms with Gasteiger partial charge in [0.2, 0.25) is 0 Å². The van der Waals surface area contributed by atoms with Gasteiger partial charge in [-0.2, -0.15) is 0 Å². The van der Waals surface area contributed by atoms with Crippen molar-refractivity contribution in [1.82, 2.24) is 10.2 Å². The van der Waals surface area contributed by atoms with Crippen molar-refractivity contribution >= 4 is 11.4 Å². The number of benzene rings is 2. The highest BCUT2D eigenvalue weighted by molar-refractivity contribution is 5.76. The van der Waals surface area contributed by atoms with E-state index >= 15 is 0 Å². The van der Waals surface area contributed by atoms with Gasteiger partial charge in [0.1, 0.15) is 5.75 Å². The van der Waals surface area contributed by atoms with Crippen LogP contribution in [0.3, 0.4) is 0 Å². The lowest BCUT2D eigenvalue weighted by Gasteiger charge is -2.36. The number of ether oxygens (including phenoxy) is 1. The van der Waals surface area contributed by atoms with Gasteiger partial charge in [-0.1, -0.05) is 32.0 Å². The van der Waals surface area contributed by atoms with Crippen LogP contribution in [-0.4, -0.2) is 38.2 Å². The third kappa shape index (κ3) is 3.00. The molecule has 2 aromatic carbocycles. The molecule has 4 rings (SSSR count). The van der Waals surface area contributed by atoms with Crippen LogP contribution >= 0.6 is 0 Å². The number of anilines is 2. The molecular weight excluding hydrogens is 310 g/mol. The monoisotopic (exact) mass is 337 g/mol. The Hall–Kier alpha value is -2.04. The van der Waals surface area contributed by atoms with Gasteiger partial charge in [-0.15, -0.1) is 0 Å². The van der Waals surface area contributed by atoms with Crippen molar-refractivity contribution in [2.75, 3.05) is 38.6 Å². The molecule has 0 unspecified atom stereocenters. The first-order valence-electron chi connectivity index (χ1n) is 9.10. The molecule has 0 amide bonds. The summed E-state index contributed by atoms with van der Waals surface area (Å²) in [6.45, 7) is 10.1. The Morgan fingerprint density at radius 1 is 1.00 bits per heavy atom. The zero-order valence-electron chi connectivity index (χ0n) is 15.4. The van der Waals surface area contributed by atoms with Crippen LogP contribution in [-0.2, 0) is 12.0 Å². The number of hydrogen-bond acceptors (Lipinski definition) is 4. The highest BCUT2D eigenvalue weighted by Gasteiger charge is 2.33. The summed E-state index contributed by atoms with van der Waals surface area (Å²) in [5.74, 6) is 0.890. The highest BCUT2D eigenvalue weighted by Crippen LogP contribution is 2.46. The van der Waals surface area contributed by atoms with Crippen molar-refractivity contribution in [2.45, 2.75) is 25.8 Å². The zero-order chi connectivity index (χ0) is 17.4. The summed E-state index contributed by atoms with van der Waals surface area (Å²) in [6.07, 6.45) is 0. The Bertz CT molecular complexity index is 779. The molecule has 2 aliphatic heterocycles. The predicted octanol–water partition coefficient (Wildman–Crippen LogP) is 3.48. The smallest absolute Gasteiger partial charge is 0.120 e. The number of fused-ring (bicyclic) bond motifs is 2. The van der Waals surface area contributed by atoms with Gasteiger partial charge in [0.05, 0.1) is 7.11 Å². The lowest BCUT2D eigenvalue weighted by molar-refractivity contribution is 0.233. The molecule has 0 bridgehead atoms. The average molecular weight is 337 g/mol. The van der Waals surface area contributed by atoms with Gasteiger partial charge in [-0.05, 0) is 28.8 Å². The molecular formula is C21H27N3O. The third-order valence-electron chi connectivity index (χ3n) is 5.54. The van der Waals surface area contributed by atoms with E-state index in [2.05, 4.69) is 65.8 Å². The van der Waals surface area contributed by atoms with Crippen molar-refractivity contribution in [3.05, 3.63) is 53.1 Å². The van der Waals surface area contributed by atoms with Gasteiger partial charge in [-0.25, -0.2) is 0 Å². The Balaban J connectivity index is 1.66. The van der Waals surface area contributed by atoms with Crippen LogP contribution in [0.15, 0.2) is 36.4 Å². The van der Waals surface area contributed by atoms with Gasteiger partial charge in [0, 0.05) is 55.6 Å². The first-order chi connectivity index (χ1) is 12.1. The van der Waals surface area contributed by atoms with E-state index in [1.807, 2.05) is 0 Å². The average Bonchev–Trinajstić information content (AvgIpc) is 2.63. The minimum absolute atomic E-state index is 0.0261. The van der Waals surface area contributed by atoms with E-state index in [0.29, 0.717) is 0 Å². The van der Waals surface area contributed by atoms with E-state index < -0.39 is 0 Å². The van der Waals surface area contributed by atoms with Crippen LogP contribution in [0.5, 0.6) is 5.75 Å². The van der Waals surface area contributed by atoms with Crippen LogP contribution in [0, 0.1) is 0 Å². The number of nitrogens with zero attached hydrogens (tertiary/aromatic N) is 1. The second kappa shape index (κ2) is 6.36. The van der Waals surface area contributed by atoms with E-state index in [4.69, 9.17) is 4.74 Å². The highest BCUT2D eigenvalue weighted by atomic mass is 16.5. The molecule has 25 heavy (non-hydrogen) atoms. The fourth-order valence-electron chi connectivity index (χ4n) is 4.03. The molecule has 0 aliphatic carbocycles. The van der Waals surface area contributed by atoms with Crippen LogP contribution in [0.4, 0.5) is 11.4 Å². The van der Waals surface area contributed by atoms with Crippen LogP contribution in [0.2, 0.25) is 0 Å². The molecule has 0 saturated carbocycles. The Labute approximate surface area is 150 Å². The second-order valence-electron chi connectivity index (χ2n) is 7.57. The molecule has 2 aliphatic rings. The summed E-state index contributed by atoms with van der Waals surface area (Å²) < 4.78 is 5.39. The van der Waals surface area contributed by atoms with Crippen LogP contribution in [0.25, 0.3) is 0 Å². The predicted molar refractivity (Wildman–Crippen MR) is 103 cm³/mol. The summed E-state index contributed by atoms with van der Waals surface area (Å²) in [5.41, 5.74) is 6.41. The molecule has 2 N–H and O–H groups in total. The standard InChI is InChI=1S/C21H27N3O/c1-21(2)17-6-5-16(25-3)13-20(17)23-19-7-4-15(12-18(19)21)14-24-10-8-22-9-11-24/h4-7,12-13,22-23H,8-11,14H2,1-3H3. The summed E-state index contributed by atoms with van der Waals surface area (Å²) in [5, 5.41) is 7.02. The fraction of sp³-hybridized carbons (Fsp3) is 0.429. The van der Waals surface area contributed by atoms with Crippen molar-refractivity contribution in [1.29, 1.82) is 0 Å². The Kier molecular flexibility index (Phi) is 4.18.